The summed E-state index contributed by atoms with van der Waals surface area (Å²) in [6.45, 7) is 1.88. The lowest BCUT2D eigenvalue weighted by molar-refractivity contribution is -0.119. The second-order valence-corrected chi connectivity index (χ2v) is 7.75. The number of carbonyl (C=O) groups is 1. The standard InChI is InChI=1S/C18H19NO4S/c1-13(20)19-12-15-9-7-14-8-10-17(11-18(14)23-15)24(21,22)16-5-3-2-4-6-16/h2-6,8,10-11,15H,7,9,12H2,1H3,(H,19,20). The maximum atomic E-state index is 12.7. The molecule has 1 amide bonds. The number of hydrogen-bond acceptors (Lipinski definition) is 4. The summed E-state index contributed by atoms with van der Waals surface area (Å²) in [5, 5.41) is 2.73. The minimum atomic E-state index is -3.57. The van der Waals surface area contributed by atoms with Crippen LogP contribution in [0.2, 0.25) is 0 Å². The van der Waals surface area contributed by atoms with Crippen molar-refractivity contribution in [1.29, 1.82) is 0 Å². The summed E-state index contributed by atoms with van der Waals surface area (Å²) in [5.41, 5.74) is 0.987. The highest BCUT2D eigenvalue weighted by atomic mass is 32.2. The summed E-state index contributed by atoms with van der Waals surface area (Å²) in [6.07, 6.45) is 1.44. The summed E-state index contributed by atoms with van der Waals surface area (Å²) in [5.74, 6) is 0.471. The van der Waals surface area contributed by atoms with Crippen molar-refractivity contribution >= 4 is 15.7 Å². The van der Waals surface area contributed by atoms with E-state index in [9.17, 15) is 13.2 Å². The van der Waals surface area contributed by atoms with E-state index in [1.165, 1.54) is 6.92 Å². The van der Waals surface area contributed by atoms with E-state index < -0.39 is 9.84 Å². The maximum absolute atomic E-state index is 12.7. The van der Waals surface area contributed by atoms with Crippen LogP contribution >= 0.6 is 0 Å². The van der Waals surface area contributed by atoms with Crippen LogP contribution in [0.25, 0.3) is 0 Å². The Labute approximate surface area is 141 Å². The van der Waals surface area contributed by atoms with E-state index in [4.69, 9.17) is 4.74 Å². The fraction of sp³-hybridized carbons (Fsp3) is 0.278. The molecule has 2 aromatic carbocycles. The number of nitrogens with one attached hydrogen (secondary N) is 1. The second kappa shape index (κ2) is 6.65. The molecule has 0 fully saturated rings. The molecule has 5 nitrogen and oxygen atoms in total. The average Bonchev–Trinajstić information content (AvgIpc) is 2.60. The van der Waals surface area contributed by atoms with Crippen molar-refractivity contribution in [2.24, 2.45) is 0 Å². The number of hydrogen-bond donors (Lipinski definition) is 1. The molecule has 1 aliphatic heterocycles. The molecule has 6 heteroatoms. The number of benzene rings is 2. The highest BCUT2D eigenvalue weighted by Gasteiger charge is 2.24. The minimum Gasteiger partial charge on any atom is -0.488 e. The minimum absolute atomic E-state index is 0.107. The molecular weight excluding hydrogens is 326 g/mol. The molecule has 1 atom stereocenters. The topological polar surface area (TPSA) is 72.5 Å². The Bertz CT molecular complexity index is 847. The second-order valence-electron chi connectivity index (χ2n) is 5.80. The summed E-state index contributed by atoms with van der Waals surface area (Å²) in [6, 6.07) is 13.3. The van der Waals surface area contributed by atoms with E-state index >= 15 is 0 Å². The van der Waals surface area contributed by atoms with Crippen molar-refractivity contribution in [3.8, 4) is 5.75 Å². The fourth-order valence-electron chi connectivity index (χ4n) is 2.71. The van der Waals surface area contributed by atoms with Crippen molar-refractivity contribution in [2.45, 2.75) is 35.7 Å². The van der Waals surface area contributed by atoms with E-state index in [-0.39, 0.29) is 21.8 Å². The Morgan fingerprint density at radius 3 is 2.62 bits per heavy atom. The Morgan fingerprint density at radius 1 is 1.17 bits per heavy atom. The SMILES string of the molecule is CC(=O)NCC1CCc2ccc(S(=O)(=O)c3ccccc3)cc2O1. The number of rotatable bonds is 4. The van der Waals surface area contributed by atoms with Gasteiger partial charge in [0.25, 0.3) is 0 Å². The first-order chi connectivity index (χ1) is 11.5. The van der Waals surface area contributed by atoms with Crippen LogP contribution in [-0.4, -0.2) is 27.0 Å². The molecule has 0 aromatic heterocycles. The quantitative estimate of drug-likeness (QED) is 0.923. The van der Waals surface area contributed by atoms with Gasteiger partial charge in [0.2, 0.25) is 15.7 Å². The van der Waals surface area contributed by atoms with Gasteiger partial charge in [-0.15, -0.1) is 0 Å². The molecule has 1 heterocycles. The van der Waals surface area contributed by atoms with Crippen LogP contribution in [0.4, 0.5) is 0 Å². The van der Waals surface area contributed by atoms with Crippen molar-refractivity contribution in [3.05, 3.63) is 54.1 Å². The molecule has 126 valence electrons. The van der Waals surface area contributed by atoms with Gasteiger partial charge in [-0.25, -0.2) is 8.42 Å². The Kier molecular flexibility index (Phi) is 4.57. The average molecular weight is 345 g/mol. The molecule has 1 N–H and O–H groups in total. The van der Waals surface area contributed by atoms with Crippen LogP contribution in [-0.2, 0) is 21.1 Å². The van der Waals surface area contributed by atoms with Gasteiger partial charge in [0.15, 0.2) is 0 Å². The normalized spacial score (nSPS) is 16.8. The predicted molar refractivity (Wildman–Crippen MR) is 89.8 cm³/mol. The smallest absolute Gasteiger partial charge is 0.217 e. The molecule has 0 spiro atoms. The first kappa shape index (κ1) is 16.5. The summed E-state index contributed by atoms with van der Waals surface area (Å²) >= 11 is 0. The van der Waals surface area contributed by atoms with Crippen LogP contribution in [0.15, 0.2) is 58.3 Å². The zero-order valence-corrected chi connectivity index (χ0v) is 14.2. The molecule has 0 bridgehead atoms. The zero-order valence-electron chi connectivity index (χ0n) is 13.4. The number of ether oxygens (including phenoxy) is 1. The van der Waals surface area contributed by atoms with Crippen molar-refractivity contribution in [3.63, 3.8) is 0 Å². The molecular formula is C18H19NO4S. The number of carbonyl (C=O) groups excluding carboxylic acids is 1. The lowest BCUT2D eigenvalue weighted by atomic mass is 10.0. The van der Waals surface area contributed by atoms with Gasteiger partial charge in [-0.3, -0.25) is 4.79 Å². The lowest BCUT2D eigenvalue weighted by Crippen LogP contribution is -2.36. The molecule has 3 rings (SSSR count). The van der Waals surface area contributed by atoms with Gasteiger partial charge in [0, 0.05) is 6.92 Å². The van der Waals surface area contributed by atoms with Crippen molar-refractivity contribution < 1.29 is 17.9 Å². The van der Waals surface area contributed by atoms with Crippen LogP contribution in [0, 0.1) is 0 Å². The van der Waals surface area contributed by atoms with Crippen LogP contribution in [0.5, 0.6) is 5.75 Å². The summed E-state index contributed by atoms with van der Waals surface area (Å²) in [7, 11) is -3.57. The van der Waals surface area contributed by atoms with E-state index in [2.05, 4.69) is 5.32 Å². The molecule has 1 unspecified atom stereocenters. The highest BCUT2D eigenvalue weighted by Crippen LogP contribution is 2.32. The third-order valence-electron chi connectivity index (χ3n) is 4.01. The molecule has 2 aromatic rings. The zero-order chi connectivity index (χ0) is 17.2. The molecule has 0 aliphatic carbocycles. The Morgan fingerprint density at radius 2 is 1.92 bits per heavy atom. The van der Waals surface area contributed by atoms with Gasteiger partial charge in [-0.05, 0) is 42.7 Å². The first-order valence-electron chi connectivity index (χ1n) is 7.81. The van der Waals surface area contributed by atoms with Gasteiger partial charge < -0.3 is 10.1 Å². The van der Waals surface area contributed by atoms with E-state index in [1.54, 1.807) is 48.5 Å². The van der Waals surface area contributed by atoms with E-state index in [0.29, 0.717) is 12.3 Å². The Hall–Kier alpha value is -2.34. The summed E-state index contributed by atoms with van der Waals surface area (Å²) in [4.78, 5) is 11.5. The number of aryl methyl sites for hydroxylation is 1. The van der Waals surface area contributed by atoms with Crippen molar-refractivity contribution in [1.82, 2.24) is 5.32 Å². The van der Waals surface area contributed by atoms with Crippen LogP contribution in [0.3, 0.4) is 0 Å². The van der Waals surface area contributed by atoms with Crippen molar-refractivity contribution in [2.75, 3.05) is 6.54 Å². The monoisotopic (exact) mass is 345 g/mol. The third kappa shape index (κ3) is 3.43. The van der Waals surface area contributed by atoms with Gasteiger partial charge >= 0.3 is 0 Å². The summed E-state index contributed by atoms with van der Waals surface area (Å²) < 4.78 is 31.3. The highest BCUT2D eigenvalue weighted by molar-refractivity contribution is 7.91. The molecule has 0 radical (unpaired) electrons. The number of sulfone groups is 1. The number of fused-ring (bicyclic) bond motifs is 1. The molecule has 0 saturated carbocycles. The largest absolute Gasteiger partial charge is 0.488 e. The first-order valence-corrected chi connectivity index (χ1v) is 9.29. The van der Waals surface area contributed by atoms with Gasteiger partial charge in [-0.2, -0.15) is 0 Å². The third-order valence-corrected chi connectivity index (χ3v) is 5.78. The number of amides is 1. The maximum Gasteiger partial charge on any atom is 0.217 e. The van der Waals surface area contributed by atoms with Gasteiger partial charge in [0.05, 0.1) is 16.3 Å². The van der Waals surface area contributed by atoms with Crippen LogP contribution < -0.4 is 10.1 Å². The predicted octanol–water partition coefficient (Wildman–Crippen LogP) is 2.35. The van der Waals surface area contributed by atoms with Gasteiger partial charge in [0.1, 0.15) is 11.9 Å². The molecule has 0 saturated heterocycles. The molecule has 24 heavy (non-hydrogen) atoms. The van der Waals surface area contributed by atoms with E-state index in [0.717, 1.165) is 18.4 Å². The fourth-order valence-corrected chi connectivity index (χ4v) is 4.01. The van der Waals surface area contributed by atoms with Crippen LogP contribution in [0.1, 0.15) is 18.9 Å². The van der Waals surface area contributed by atoms with Gasteiger partial charge in [-0.1, -0.05) is 24.3 Å². The lowest BCUT2D eigenvalue weighted by Gasteiger charge is -2.26. The van der Waals surface area contributed by atoms with E-state index in [1.807, 2.05) is 0 Å². The Balaban J connectivity index is 1.86. The molecule has 1 aliphatic rings.